The molecule has 0 fully saturated rings. The number of aryl methyl sites for hydroxylation is 1. The van der Waals surface area contributed by atoms with Gasteiger partial charge in [-0.1, -0.05) is 49.7 Å². The Bertz CT molecular complexity index is 1270. The molecule has 2 aromatic carbocycles. The van der Waals surface area contributed by atoms with Crippen molar-refractivity contribution in [3.63, 3.8) is 0 Å². The molecule has 0 radical (unpaired) electrons. The number of para-hydroxylation sites is 1. The van der Waals surface area contributed by atoms with Gasteiger partial charge in [0.25, 0.3) is 0 Å². The van der Waals surface area contributed by atoms with E-state index in [2.05, 4.69) is 11.9 Å². The third-order valence-corrected chi connectivity index (χ3v) is 5.29. The van der Waals surface area contributed by atoms with E-state index in [-0.39, 0.29) is 22.4 Å². The Balaban J connectivity index is 1.77. The van der Waals surface area contributed by atoms with Crippen LogP contribution in [0.25, 0.3) is 33.7 Å². The number of carboxylic acids is 1. The maximum Gasteiger partial charge on any atom is 0.418 e. The summed E-state index contributed by atoms with van der Waals surface area (Å²) in [5, 5.41) is 9.50. The van der Waals surface area contributed by atoms with Crippen molar-refractivity contribution in [1.29, 1.82) is 0 Å². The second-order valence-electron chi connectivity index (χ2n) is 7.52. The lowest BCUT2D eigenvalue weighted by atomic mass is 10.0. The van der Waals surface area contributed by atoms with Gasteiger partial charge in [-0.15, -0.1) is 0 Å². The van der Waals surface area contributed by atoms with Crippen molar-refractivity contribution < 1.29 is 27.5 Å². The van der Waals surface area contributed by atoms with Crippen molar-refractivity contribution >= 4 is 16.9 Å². The van der Waals surface area contributed by atoms with Gasteiger partial charge in [0.15, 0.2) is 5.76 Å². The average Bonchev–Trinajstić information content (AvgIpc) is 3.26. The quantitative estimate of drug-likeness (QED) is 0.344. The van der Waals surface area contributed by atoms with E-state index in [4.69, 9.17) is 4.42 Å². The maximum absolute atomic E-state index is 13.5. The molecule has 164 valence electrons. The number of carboxylic acid groups (broad SMARTS) is 1. The Morgan fingerprint density at radius 1 is 1.03 bits per heavy atom. The number of alkyl halides is 3. The SMILES string of the molecule is CCCCc1ccc(-c2ccc(-c3cc(C(=O)O)c4cccc(C(F)(F)F)c4n3)o2)cc1. The highest BCUT2D eigenvalue weighted by Gasteiger charge is 2.34. The summed E-state index contributed by atoms with van der Waals surface area (Å²) in [6.07, 6.45) is -1.48. The molecular weight excluding hydrogens is 419 g/mol. The van der Waals surface area contributed by atoms with Crippen LogP contribution in [0.1, 0.15) is 41.3 Å². The number of nitrogens with zero attached hydrogens (tertiary/aromatic N) is 1. The Labute approximate surface area is 182 Å². The van der Waals surface area contributed by atoms with Gasteiger partial charge in [0.2, 0.25) is 0 Å². The number of carbonyl (C=O) groups is 1. The summed E-state index contributed by atoms with van der Waals surface area (Å²) in [7, 11) is 0. The molecule has 0 aliphatic carbocycles. The molecule has 0 spiro atoms. The Hall–Kier alpha value is -3.61. The van der Waals surface area contributed by atoms with Crippen LogP contribution >= 0.6 is 0 Å². The molecule has 1 N–H and O–H groups in total. The van der Waals surface area contributed by atoms with Crippen molar-refractivity contribution in [1.82, 2.24) is 4.98 Å². The minimum Gasteiger partial charge on any atom is -0.478 e. The third kappa shape index (κ3) is 4.23. The van der Waals surface area contributed by atoms with Crippen molar-refractivity contribution in [2.45, 2.75) is 32.4 Å². The molecule has 2 heterocycles. The number of rotatable bonds is 6. The van der Waals surface area contributed by atoms with Gasteiger partial charge < -0.3 is 9.52 Å². The lowest BCUT2D eigenvalue weighted by Gasteiger charge is -2.12. The highest BCUT2D eigenvalue weighted by Crippen LogP contribution is 2.37. The number of halogens is 3. The Kier molecular flexibility index (Phi) is 5.74. The maximum atomic E-state index is 13.5. The Morgan fingerprint density at radius 2 is 1.75 bits per heavy atom. The molecule has 32 heavy (non-hydrogen) atoms. The first-order valence-electron chi connectivity index (χ1n) is 10.2. The Morgan fingerprint density at radius 3 is 2.41 bits per heavy atom. The van der Waals surface area contributed by atoms with E-state index in [0.717, 1.165) is 30.9 Å². The van der Waals surface area contributed by atoms with Crippen LogP contribution in [0.5, 0.6) is 0 Å². The lowest BCUT2D eigenvalue weighted by molar-refractivity contribution is -0.136. The third-order valence-electron chi connectivity index (χ3n) is 5.29. The van der Waals surface area contributed by atoms with Gasteiger partial charge in [-0.25, -0.2) is 9.78 Å². The van der Waals surface area contributed by atoms with E-state index in [0.29, 0.717) is 5.76 Å². The molecule has 0 atom stereocenters. The average molecular weight is 439 g/mol. The predicted octanol–water partition coefficient (Wildman–Crippen LogP) is 7.22. The fourth-order valence-corrected chi connectivity index (χ4v) is 3.63. The second-order valence-corrected chi connectivity index (χ2v) is 7.52. The van der Waals surface area contributed by atoms with Crippen LogP contribution < -0.4 is 0 Å². The number of hydrogen-bond donors (Lipinski definition) is 1. The van der Waals surface area contributed by atoms with Gasteiger partial charge in [0.05, 0.1) is 16.6 Å². The number of benzene rings is 2. The van der Waals surface area contributed by atoms with Crippen LogP contribution in [0.15, 0.2) is 65.1 Å². The standard InChI is InChI=1S/C25H20F3NO3/c1-2-3-5-15-8-10-16(11-9-15)21-12-13-22(32-21)20-14-18(24(30)31)17-6-4-7-19(23(17)29-20)25(26,27)28/h4,6-14H,2-3,5H2,1H3,(H,30,31). The van der Waals surface area contributed by atoms with Crippen LogP contribution in [-0.2, 0) is 12.6 Å². The smallest absolute Gasteiger partial charge is 0.418 e. The van der Waals surface area contributed by atoms with Crippen LogP contribution in [0, 0.1) is 0 Å². The minimum absolute atomic E-state index is 0.0254. The first-order valence-corrected chi connectivity index (χ1v) is 10.2. The van der Waals surface area contributed by atoms with Gasteiger partial charge in [-0.3, -0.25) is 0 Å². The number of aromatic carboxylic acids is 1. The fourth-order valence-electron chi connectivity index (χ4n) is 3.63. The molecule has 0 amide bonds. The molecule has 0 bridgehead atoms. The molecular formula is C25H20F3NO3. The van der Waals surface area contributed by atoms with E-state index in [1.807, 2.05) is 24.3 Å². The van der Waals surface area contributed by atoms with Gasteiger partial charge in [0, 0.05) is 10.9 Å². The summed E-state index contributed by atoms with van der Waals surface area (Å²) >= 11 is 0. The van der Waals surface area contributed by atoms with Gasteiger partial charge in [-0.2, -0.15) is 13.2 Å². The number of pyridine rings is 1. The number of furan rings is 1. The van der Waals surface area contributed by atoms with Crippen molar-refractivity contribution in [2.24, 2.45) is 0 Å². The molecule has 0 saturated heterocycles. The number of aromatic nitrogens is 1. The van der Waals surface area contributed by atoms with E-state index < -0.39 is 23.2 Å². The zero-order chi connectivity index (χ0) is 22.9. The first kappa shape index (κ1) is 21.6. The van der Waals surface area contributed by atoms with Gasteiger partial charge in [-0.05, 0) is 42.7 Å². The van der Waals surface area contributed by atoms with E-state index in [1.54, 1.807) is 12.1 Å². The molecule has 0 aliphatic heterocycles. The molecule has 0 unspecified atom stereocenters. The molecule has 0 saturated carbocycles. The van der Waals surface area contributed by atoms with Gasteiger partial charge in [0.1, 0.15) is 11.5 Å². The largest absolute Gasteiger partial charge is 0.478 e. The number of hydrogen-bond acceptors (Lipinski definition) is 3. The van der Waals surface area contributed by atoms with E-state index in [9.17, 15) is 23.1 Å². The molecule has 2 aromatic heterocycles. The predicted molar refractivity (Wildman–Crippen MR) is 115 cm³/mol. The van der Waals surface area contributed by atoms with Crippen LogP contribution in [-0.4, -0.2) is 16.1 Å². The number of fused-ring (bicyclic) bond motifs is 1. The van der Waals surface area contributed by atoms with Crippen molar-refractivity contribution in [3.05, 3.63) is 77.4 Å². The molecule has 4 nitrogen and oxygen atoms in total. The summed E-state index contributed by atoms with van der Waals surface area (Å²) in [6, 6.07) is 15.8. The second kappa shape index (κ2) is 8.49. The molecule has 7 heteroatoms. The zero-order valence-corrected chi connectivity index (χ0v) is 17.2. The molecule has 4 aromatic rings. The summed E-state index contributed by atoms with van der Waals surface area (Å²) < 4.78 is 46.4. The fraction of sp³-hybridized carbons (Fsp3) is 0.200. The van der Waals surface area contributed by atoms with Crippen LogP contribution in [0.3, 0.4) is 0 Å². The summed E-state index contributed by atoms with van der Waals surface area (Å²) in [5.74, 6) is -0.631. The first-order chi connectivity index (χ1) is 15.3. The van der Waals surface area contributed by atoms with Crippen LogP contribution in [0.4, 0.5) is 13.2 Å². The highest BCUT2D eigenvalue weighted by molar-refractivity contribution is 6.04. The minimum atomic E-state index is -4.67. The monoisotopic (exact) mass is 439 g/mol. The molecule has 0 aliphatic rings. The molecule has 4 rings (SSSR count). The van der Waals surface area contributed by atoms with E-state index in [1.165, 1.54) is 23.8 Å². The normalized spacial score (nSPS) is 11.8. The topological polar surface area (TPSA) is 63.3 Å². The summed E-state index contributed by atoms with van der Waals surface area (Å²) in [6.45, 7) is 2.13. The summed E-state index contributed by atoms with van der Waals surface area (Å²) in [4.78, 5) is 15.9. The number of unbranched alkanes of at least 4 members (excludes halogenated alkanes) is 1. The van der Waals surface area contributed by atoms with Crippen molar-refractivity contribution in [2.75, 3.05) is 0 Å². The van der Waals surface area contributed by atoms with E-state index >= 15 is 0 Å². The lowest BCUT2D eigenvalue weighted by Crippen LogP contribution is -2.09. The zero-order valence-electron chi connectivity index (χ0n) is 17.2. The van der Waals surface area contributed by atoms with Gasteiger partial charge >= 0.3 is 12.1 Å². The van der Waals surface area contributed by atoms with Crippen LogP contribution in [0.2, 0.25) is 0 Å². The highest BCUT2D eigenvalue weighted by atomic mass is 19.4. The summed E-state index contributed by atoms with van der Waals surface area (Å²) in [5.41, 5.74) is 0.366. The van der Waals surface area contributed by atoms with Crippen molar-refractivity contribution in [3.8, 4) is 22.8 Å².